The Labute approximate surface area is 279 Å². The lowest BCUT2D eigenvalue weighted by atomic mass is 10.0. The van der Waals surface area contributed by atoms with Gasteiger partial charge in [0.25, 0.3) is 0 Å². The first-order valence-corrected chi connectivity index (χ1v) is 15.8. The van der Waals surface area contributed by atoms with Crippen molar-refractivity contribution in [3.63, 3.8) is 0 Å². The Hall–Kier alpha value is -6.59. The van der Waals surface area contributed by atoms with E-state index in [0.29, 0.717) is 5.82 Å². The number of hydrogen-bond acceptors (Lipinski definition) is 5. The highest BCUT2D eigenvalue weighted by Gasteiger charge is 2.16. The largest absolute Gasteiger partial charge is 0.255 e. The molecule has 4 heterocycles. The Bertz CT molecular complexity index is 2210. The Morgan fingerprint density at radius 3 is 1.40 bits per heavy atom. The molecule has 48 heavy (non-hydrogen) atoms. The standard InChI is InChI=1S/C43H29N5/c1-4-15-30(16-5-1)33-27-41(37-23-12-13-26-44-37)46-42(28-33)38-25-14-24-36(45-38)34-21-10-11-22-35(34)43-47-39(31-17-6-2-7-18-31)29-40(48-43)32-19-8-3-9-20-32/h1-29H. The van der Waals surface area contributed by atoms with Crippen LogP contribution in [0.25, 0.3) is 79.1 Å². The van der Waals surface area contributed by atoms with E-state index in [0.717, 1.165) is 73.2 Å². The summed E-state index contributed by atoms with van der Waals surface area (Å²) in [7, 11) is 0. The fraction of sp³-hybridized carbons (Fsp3) is 0. The maximum Gasteiger partial charge on any atom is 0.161 e. The smallest absolute Gasteiger partial charge is 0.161 e. The Kier molecular flexibility index (Phi) is 7.83. The zero-order chi connectivity index (χ0) is 32.1. The topological polar surface area (TPSA) is 64.5 Å². The van der Waals surface area contributed by atoms with Gasteiger partial charge in [-0.2, -0.15) is 0 Å². The number of pyridine rings is 3. The third kappa shape index (κ3) is 6.00. The Balaban J connectivity index is 1.26. The van der Waals surface area contributed by atoms with Crippen molar-refractivity contribution in [2.24, 2.45) is 0 Å². The molecule has 0 fully saturated rings. The second kappa shape index (κ2) is 13.0. The number of hydrogen-bond donors (Lipinski definition) is 0. The number of rotatable bonds is 7. The first-order chi connectivity index (χ1) is 23.8. The molecule has 0 aliphatic heterocycles. The van der Waals surface area contributed by atoms with Crippen molar-refractivity contribution < 1.29 is 0 Å². The highest BCUT2D eigenvalue weighted by Crippen LogP contribution is 2.34. The van der Waals surface area contributed by atoms with Crippen LogP contribution in [0.5, 0.6) is 0 Å². The maximum absolute atomic E-state index is 5.19. The second-order valence-electron chi connectivity index (χ2n) is 11.4. The predicted molar refractivity (Wildman–Crippen MR) is 193 cm³/mol. The van der Waals surface area contributed by atoms with Crippen molar-refractivity contribution in [1.29, 1.82) is 0 Å². The molecule has 0 bridgehead atoms. The zero-order valence-corrected chi connectivity index (χ0v) is 26.0. The Morgan fingerprint density at radius 2 is 0.771 bits per heavy atom. The van der Waals surface area contributed by atoms with Gasteiger partial charge >= 0.3 is 0 Å². The minimum absolute atomic E-state index is 0.639. The van der Waals surface area contributed by atoms with Crippen LogP contribution in [0.1, 0.15) is 0 Å². The highest BCUT2D eigenvalue weighted by molar-refractivity contribution is 5.82. The van der Waals surface area contributed by atoms with Crippen molar-refractivity contribution in [2.45, 2.75) is 0 Å². The third-order valence-electron chi connectivity index (χ3n) is 8.18. The van der Waals surface area contributed by atoms with Crippen LogP contribution in [0.4, 0.5) is 0 Å². The summed E-state index contributed by atoms with van der Waals surface area (Å²) >= 11 is 0. The van der Waals surface area contributed by atoms with Gasteiger partial charge in [0.2, 0.25) is 0 Å². The molecule has 0 spiro atoms. The minimum atomic E-state index is 0.639. The van der Waals surface area contributed by atoms with Gasteiger partial charge in [0, 0.05) is 28.5 Å². The summed E-state index contributed by atoms with van der Waals surface area (Å²) in [5, 5.41) is 0. The van der Waals surface area contributed by atoms with E-state index in [1.54, 1.807) is 6.20 Å². The molecule has 0 N–H and O–H groups in total. The maximum atomic E-state index is 5.19. The molecule has 0 aliphatic rings. The normalized spacial score (nSPS) is 10.9. The van der Waals surface area contributed by atoms with Gasteiger partial charge in [-0.15, -0.1) is 0 Å². The molecule has 8 rings (SSSR count). The van der Waals surface area contributed by atoms with E-state index < -0.39 is 0 Å². The predicted octanol–water partition coefficient (Wildman–Crippen LogP) is 10.3. The molecule has 0 unspecified atom stereocenters. The van der Waals surface area contributed by atoms with Crippen molar-refractivity contribution in [3.05, 3.63) is 176 Å². The van der Waals surface area contributed by atoms with E-state index in [-0.39, 0.29) is 0 Å². The Morgan fingerprint density at radius 1 is 0.271 bits per heavy atom. The zero-order valence-electron chi connectivity index (χ0n) is 26.0. The lowest BCUT2D eigenvalue weighted by Crippen LogP contribution is -1.98. The van der Waals surface area contributed by atoms with Crippen LogP contribution in [0.15, 0.2) is 176 Å². The molecule has 0 radical (unpaired) electrons. The summed E-state index contributed by atoms with van der Waals surface area (Å²) in [5.41, 5.74) is 11.7. The van der Waals surface area contributed by atoms with Crippen LogP contribution in [0.3, 0.4) is 0 Å². The molecule has 0 atom stereocenters. The van der Waals surface area contributed by atoms with E-state index in [9.17, 15) is 0 Å². The molecule has 4 aromatic heterocycles. The van der Waals surface area contributed by atoms with E-state index in [1.807, 2.05) is 103 Å². The molecule has 5 heteroatoms. The van der Waals surface area contributed by atoms with Crippen LogP contribution in [-0.4, -0.2) is 24.9 Å². The molecule has 4 aromatic carbocycles. The molecular weight excluding hydrogens is 587 g/mol. The molecule has 8 aromatic rings. The van der Waals surface area contributed by atoms with E-state index in [4.69, 9.17) is 19.9 Å². The summed E-state index contributed by atoms with van der Waals surface area (Å²) in [4.78, 5) is 25.0. The van der Waals surface area contributed by atoms with Gasteiger partial charge in [0.15, 0.2) is 5.82 Å². The lowest BCUT2D eigenvalue weighted by Gasteiger charge is -2.13. The van der Waals surface area contributed by atoms with E-state index >= 15 is 0 Å². The molecule has 0 aliphatic carbocycles. The van der Waals surface area contributed by atoms with E-state index in [2.05, 4.69) is 71.7 Å². The van der Waals surface area contributed by atoms with Crippen LogP contribution in [-0.2, 0) is 0 Å². The summed E-state index contributed by atoms with van der Waals surface area (Å²) in [5.74, 6) is 0.639. The van der Waals surface area contributed by atoms with Gasteiger partial charge in [-0.3, -0.25) is 4.98 Å². The van der Waals surface area contributed by atoms with Gasteiger partial charge in [-0.25, -0.2) is 19.9 Å². The molecule has 0 amide bonds. The molecule has 226 valence electrons. The number of benzene rings is 4. The van der Waals surface area contributed by atoms with Crippen molar-refractivity contribution in [3.8, 4) is 79.1 Å². The van der Waals surface area contributed by atoms with Gasteiger partial charge in [0.1, 0.15) is 0 Å². The summed E-state index contributed by atoms with van der Waals surface area (Å²) in [6, 6.07) is 57.2. The van der Waals surface area contributed by atoms with Gasteiger partial charge in [-0.05, 0) is 53.6 Å². The van der Waals surface area contributed by atoms with Crippen LogP contribution < -0.4 is 0 Å². The van der Waals surface area contributed by atoms with Gasteiger partial charge < -0.3 is 0 Å². The van der Waals surface area contributed by atoms with Crippen molar-refractivity contribution in [2.75, 3.05) is 0 Å². The van der Waals surface area contributed by atoms with Gasteiger partial charge in [0.05, 0.1) is 39.9 Å². The first-order valence-electron chi connectivity index (χ1n) is 15.8. The van der Waals surface area contributed by atoms with Crippen LogP contribution >= 0.6 is 0 Å². The summed E-state index contributed by atoms with van der Waals surface area (Å²) in [6.07, 6.45) is 1.79. The summed E-state index contributed by atoms with van der Waals surface area (Å²) in [6.45, 7) is 0. The van der Waals surface area contributed by atoms with Gasteiger partial charge in [-0.1, -0.05) is 127 Å². The molecule has 5 nitrogen and oxygen atoms in total. The van der Waals surface area contributed by atoms with Crippen molar-refractivity contribution >= 4 is 0 Å². The second-order valence-corrected chi connectivity index (χ2v) is 11.4. The molecule has 0 saturated carbocycles. The number of nitrogens with zero attached hydrogens (tertiary/aromatic N) is 5. The van der Waals surface area contributed by atoms with Crippen LogP contribution in [0, 0.1) is 0 Å². The third-order valence-corrected chi connectivity index (χ3v) is 8.18. The first kappa shape index (κ1) is 28.9. The lowest BCUT2D eigenvalue weighted by molar-refractivity contribution is 1.18. The highest BCUT2D eigenvalue weighted by atomic mass is 14.9. The average Bonchev–Trinajstić information content (AvgIpc) is 3.19. The van der Waals surface area contributed by atoms with E-state index in [1.165, 1.54) is 0 Å². The quantitative estimate of drug-likeness (QED) is 0.178. The number of aromatic nitrogens is 5. The SMILES string of the molecule is c1ccc(-c2cc(-c3ccccn3)nc(-c3cccc(-c4ccccc4-c4nc(-c5ccccc5)cc(-c5ccccc5)n4)n3)c2)cc1. The fourth-order valence-corrected chi connectivity index (χ4v) is 5.81. The fourth-order valence-electron chi connectivity index (χ4n) is 5.81. The monoisotopic (exact) mass is 615 g/mol. The summed E-state index contributed by atoms with van der Waals surface area (Å²) < 4.78 is 0. The van der Waals surface area contributed by atoms with Crippen molar-refractivity contribution in [1.82, 2.24) is 24.9 Å². The molecule has 0 saturated heterocycles. The molecular formula is C43H29N5. The van der Waals surface area contributed by atoms with Crippen LogP contribution in [0.2, 0.25) is 0 Å². The average molecular weight is 616 g/mol. The minimum Gasteiger partial charge on any atom is -0.255 e.